The van der Waals surface area contributed by atoms with Crippen molar-refractivity contribution < 1.29 is 37.1 Å². The summed E-state index contributed by atoms with van der Waals surface area (Å²) < 4.78 is 13.9. The number of allylic oxidation sites excluding steroid dienone is 3. The number of rotatable bonds is 1. The normalized spacial score (nSPS) is 14.9. The zero-order valence-electron chi connectivity index (χ0n) is 10.3. The minimum atomic E-state index is -0.265. The van der Waals surface area contributed by atoms with Gasteiger partial charge in [-0.3, -0.25) is 0 Å². The number of nitrogens with zero attached hydrogens (tertiary/aromatic N) is 1. The third-order valence-corrected chi connectivity index (χ3v) is 3.06. The summed E-state index contributed by atoms with van der Waals surface area (Å²) >= 11 is 5.93. The molecule has 1 nitrogen and oxygen atoms in total. The zero-order valence-corrected chi connectivity index (χ0v) is 13.9. The average molecular weight is 338 g/mol. The predicted octanol–water partition coefficient (Wildman–Crippen LogP) is 3.86. The number of hydrogen-bond acceptors (Lipinski definition) is 1. The molecule has 0 aromatic heterocycles. The Morgan fingerprint density at radius 2 is 2.06 bits per heavy atom. The fraction of sp³-hybridized carbons (Fsp3) is 0.143. The molecule has 1 aromatic carbocycles. The second-order valence-electron chi connectivity index (χ2n) is 3.97. The number of hydrogen-bond donors (Lipinski definition) is 0. The molecule has 0 unspecified atom stereocenters. The van der Waals surface area contributed by atoms with E-state index in [2.05, 4.69) is 12.7 Å². The van der Waals surface area contributed by atoms with Crippen molar-refractivity contribution in [1.29, 1.82) is 0 Å². The Labute approximate surface area is 137 Å². The van der Waals surface area contributed by atoms with Gasteiger partial charge < -0.3 is 4.90 Å². The summed E-state index contributed by atoms with van der Waals surface area (Å²) in [7, 11) is 1.79. The van der Waals surface area contributed by atoms with Gasteiger partial charge in [0, 0.05) is 39.8 Å². The summed E-state index contributed by atoms with van der Waals surface area (Å²) in [5.74, 6) is -0.265. The van der Waals surface area contributed by atoms with Gasteiger partial charge in [0.2, 0.25) is 0 Å². The van der Waals surface area contributed by atoms with Crippen LogP contribution in [-0.4, -0.2) is 11.9 Å². The molecule has 4 heteroatoms. The summed E-state index contributed by atoms with van der Waals surface area (Å²) in [5.41, 5.74) is 2.66. The van der Waals surface area contributed by atoms with Crippen LogP contribution in [0.4, 0.5) is 4.39 Å². The van der Waals surface area contributed by atoms with Gasteiger partial charge in [0.15, 0.2) is 0 Å². The van der Waals surface area contributed by atoms with Crippen molar-refractivity contribution in [2.45, 2.75) is 6.92 Å². The van der Waals surface area contributed by atoms with E-state index in [1.807, 2.05) is 13.0 Å². The van der Waals surface area contributed by atoms with Gasteiger partial charge in [0.1, 0.15) is 0 Å². The summed E-state index contributed by atoms with van der Waals surface area (Å²) in [5, 5.41) is 0.517. The first-order valence-electron chi connectivity index (χ1n) is 5.19. The smallest absolute Gasteiger partial charge is 0.0784 e. The van der Waals surface area contributed by atoms with Crippen LogP contribution >= 0.6 is 11.6 Å². The topological polar surface area (TPSA) is 3.24 Å². The average Bonchev–Trinajstić information content (AvgIpc) is 2.28. The second kappa shape index (κ2) is 6.14. The van der Waals surface area contributed by atoms with Crippen LogP contribution in [0.5, 0.6) is 0 Å². The van der Waals surface area contributed by atoms with Crippen LogP contribution in [0.25, 0.3) is 5.70 Å². The molecule has 91 valence electrons. The van der Waals surface area contributed by atoms with Crippen molar-refractivity contribution in [3.63, 3.8) is 0 Å². The van der Waals surface area contributed by atoms with E-state index in [0.717, 1.165) is 5.56 Å². The Kier molecular flexibility index (Phi) is 5.33. The van der Waals surface area contributed by atoms with Crippen LogP contribution in [0, 0.1) is 18.8 Å². The second-order valence-corrected chi connectivity index (χ2v) is 4.38. The SMILES string of the molecule is C=C1C(Cl)=C[C-]=C(c2ccc(C)cc2F)N1C.[Y]. The van der Waals surface area contributed by atoms with E-state index in [1.54, 1.807) is 24.1 Å². The molecule has 18 heavy (non-hydrogen) atoms. The largest absolute Gasteiger partial charge is 0.377 e. The maximum atomic E-state index is 13.9. The molecule has 1 radical (unpaired) electrons. The molecule has 0 amide bonds. The molecule has 0 saturated carbocycles. The van der Waals surface area contributed by atoms with Gasteiger partial charge in [-0.2, -0.15) is 23.8 Å². The summed E-state index contributed by atoms with van der Waals surface area (Å²) in [6.07, 6.45) is 4.58. The Bertz CT molecular complexity index is 549. The number of halogens is 2. The Morgan fingerprint density at radius 3 is 2.67 bits per heavy atom. The van der Waals surface area contributed by atoms with Gasteiger partial charge >= 0.3 is 0 Å². The molecule has 1 aliphatic rings. The standard InChI is InChI=1S/C14H12ClFN.Y/c1-9-4-5-11(13(16)8-9)14-7-6-12(15)10(2)17(14)3;/h4-6,8H,2H2,1,3H3;/q-1;. The van der Waals surface area contributed by atoms with E-state index >= 15 is 0 Å². The zero-order chi connectivity index (χ0) is 12.6. The molecule has 0 atom stereocenters. The fourth-order valence-electron chi connectivity index (χ4n) is 1.68. The van der Waals surface area contributed by atoms with Crippen molar-refractivity contribution in [2.24, 2.45) is 0 Å². The van der Waals surface area contributed by atoms with E-state index < -0.39 is 0 Å². The van der Waals surface area contributed by atoms with Crippen LogP contribution in [-0.2, 0) is 32.7 Å². The van der Waals surface area contributed by atoms with Crippen LogP contribution < -0.4 is 0 Å². The molecule has 0 N–H and O–H groups in total. The first kappa shape index (κ1) is 15.6. The molecule has 0 saturated heterocycles. The molecule has 1 aliphatic heterocycles. The Hall–Kier alpha value is -0.436. The number of benzene rings is 1. The number of aryl methyl sites for hydroxylation is 1. The predicted molar refractivity (Wildman–Crippen MR) is 68.6 cm³/mol. The van der Waals surface area contributed by atoms with E-state index in [-0.39, 0.29) is 38.5 Å². The van der Waals surface area contributed by atoms with Gasteiger partial charge in [-0.1, -0.05) is 29.5 Å². The minimum Gasteiger partial charge on any atom is -0.377 e. The van der Waals surface area contributed by atoms with Gasteiger partial charge in [-0.15, -0.1) is 6.07 Å². The van der Waals surface area contributed by atoms with Crippen molar-refractivity contribution in [1.82, 2.24) is 4.90 Å². The first-order valence-corrected chi connectivity index (χ1v) is 5.57. The summed E-state index contributed by atoms with van der Waals surface area (Å²) in [6, 6.07) is 5.11. The quantitative estimate of drug-likeness (QED) is 0.704. The minimum absolute atomic E-state index is 0. The van der Waals surface area contributed by atoms with Gasteiger partial charge in [0.05, 0.1) is 5.82 Å². The molecule has 0 aliphatic carbocycles. The molecule has 0 fully saturated rings. The third kappa shape index (κ3) is 2.93. The van der Waals surface area contributed by atoms with Crippen molar-refractivity contribution in [3.05, 3.63) is 64.6 Å². The molecule has 0 spiro atoms. The molecule has 1 aromatic rings. The Balaban J connectivity index is 0.00000162. The van der Waals surface area contributed by atoms with Gasteiger partial charge in [-0.05, 0) is 23.7 Å². The van der Waals surface area contributed by atoms with E-state index in [1.165, 1.54) is 6.07 Å². The van der Waals surface area contributed by atoms with Crippen molar-refractivity contribution in [2.75, 3.05) is 7.05 Å². The van der Waals surface area contributed by atoms with Crippen LogP contribution in [0.3, 0.4) is 0 Å². The van der Waals surface area contributed by atoms with Crippen molar-refractivity contribution in [3.8, 4) is 0 Å². The first-order chi connectivity index (χ1) is 8.00. The van der Waals surface area contributed by atoms with Crippen LogP contribution in [0.2, 0.25) is 0 Å². The van der Waals surface area contributed by atoms with Crippen LogP contribution in [0.1, 0.15) is 11.1 Å². The van der Waals surface area contributed by atoms with Gasteiger partial charge in [-0.25, -0.2) is 4.39 Å². The molecular weight excluding hydrogens is 326 g/mol. The maximum Gasteiger partial charge on any atom is 0.0784 e. The van der Waals surface area contributed by atoms with Gasteiger partial charge in [0.25, 0.3) is 0 Å². The fourth-order valence-corrected chi connectivity index (χ4v) is 1.86. The maximum absolute atomic E-state index is 13.9. The molecule has 1 heterocycles. The molecule has 2 rings (SSSR count). The Morgan fingerprint density at radius 1 is 1.39 bits per heavy atom. The van der Waals surface area contributed by atoms with E-state index in [9.17, 15) is 4.39 Å². The van der Waals surface area contributed by atoms with E-state index in [4.69, 9.17) is 11.6 Å². The monoisotopic (exact) mass is 337 g/mol. The van der Waals surface area contributed by atoms with Crippen molar-refractivity contribution >= 4 is 17.3 Å². The third-order valence-electron chi connectivity index (χ3n) is 2.73. The van der Waals surface area contributed by atoms with E-state index in [0.29, 0.717) is 22.0 Å². The number of likely N-dealkylation sites (N-methyl/N-ethyl adjacent to an activating group) is 1. The summed E-state index contributed by atoms with van der Waals surface area (Å²) in [6.45, 7) is 5.69. The van der Waals surface area contributed by atoms with Crippen LogP contribution in [0.15, 0.2) is 41.6 Å². The summed E-state index contributed by atoms with van der Waals surface area (Å²) in [4.78, 5) is 1.73. The molecular formula is C14H12ClFNY-. The molecule has 0 bridgehead atoms.